The normalized spacial score (nSPS) is 10.9. The molecule has 102 valence electrons. The van der Waals surface area contributed by atoms with Crippen molar-refractivity contribution in [2.75, 3.05) is 7.11 Å². The molecule has 2 aromatic heterocycles. The second-order valence-corrected chi connectivity index (χ2v) is 4.33. The molecule has 0 aliphatic carbocycles. The third-order valence-corrected chi connectivity index (χ3v) is 3.10. The molecule has 0 atom stereocenters. The van der Waals surface area contributed by atoms with E-state index in [0.29, 0.717) is 17.2 Å². The molecule has 20 heavy (non-hydrogen) atoms. The van der Waals surface area contributed by atoms with Crippen LogP contribution in [0.1, 0.15) is 0 Å². The fourth-order valence-electron chi connectivity index (χ4n) is 2.01. The number of hydrogen-bond donors (Lipinski definition) is 2. The molecule has 1 aromatic carbocycles. The number of fused-ring (bicyclic) bond motifs is 1. The van der Waals surface area contributed by atoms with Gasteiger partial charge in [-0.25, -0.2) is 9.78 Å². The van der Waals surface area contributed by atoms with Gasteiger partial charge in [-0.05, 0) is 12.1 Å². The van der Waals surface area contributed by atoms with Crippen molar-refractivity contribution >= 4 is 11.2 Å². The van der Waals surface area contributed by atoms with Gasteiger partial charge in [0.1, 0.15) is 17.1 Å². The molecule has 0 aliphatic heterocycles. The van der Waals surface area contributed by atoms with E-state index in [-0.39, 0.29) is 5.52 Å². The first kappa shape index (κ1) is 12.2. The van der Waals surface area contributed by atoms with Crippen molar-refractivity contribution in [3.63, 3.8) is 0 Å². The fourth-order valence-corrected chi connectivity index (χ4v) is 2.01. The molecule has 0 bridgehead atoms. The summed E-state index contributed by atoms with van der Waals surface area (Å²) in [5, 5.41) is 0. The Kier molecular flexibility index (Phi) is 2.67. The van der Waals surface area contributed by atoms with Gasteiger partial charge in [-0.3, -0.25) is 14.3 Å². The van der Waals surface area contributed by atoms with E-state index in [2.05, 4.69) is 15.0 Å². The largest absolute Gasteiger partial charge is 0.497 e. The minimum absolute atomic E-state index is 0.268. The summed E-state index contributed by atoms with van der Waals surface area (Å²) in [7, 11) is 3.13. The maximum atomic E-state index is 11.8. The first-order valence-electron chi connectivity index (χ1n) is 5.93. The second kappa shape index (κ2) is 4.37. The number of H-pyrrole nitrogens is 2. The van der Waals surface area contributed by atoms with Crippen LogP contribution in [0.25, 0.3) is 22.6 Å². The Hall–Kier alpha value is -2.83. The zero-order valence-corrected chi connectivity index (χ0v) is 10.9. The van der Waals surface area contributed by atoms with Gasteiger partial charge in [0.15, 0.2) is 5.65 Å². The minimum atomic E-state index is -0.494. The van der Waals surface area contributed by atoms with Crippen molar-refractivity contribution in [1.29, 1.82) is 0 Å². The molecule has 0 spiro atoms. The van der Waals surface area contributed by atoms with Gasteiger partial charge in [0.05, 0.1) is 7.11 Å². The number of aromatic nitrogens is 4. The Morgan fingerprint density at radius 3 is 2.80 bits per heavy atom. The highest BCUT2D eigenvalue weighted by atomic mass is 16.5. The van der Waals surface area contributed by atoms with E-state index in [1.807, 2.05) is 18.2 Å². The molecule has 2 N–H and O–H groups in total. The number of hydrogen-bond acceptors (Lipinski definition) is 4. The highest BCUT2D eigenvalue weighted by molar-refractivity contribution is 5.75. The summed E-state index contributed by atoms with van der Waals surface area (Å²) in [6, 6.07) is 7.27. The van der Waals surface area contributed by atoms with Gasteiger partial charge in [-0.2, -0.15) is 0 Å². The lowest BCUT2D eigenvalue weighted by Crippen LogP contribution is -2.28. The predicted octanol–water partition coefficient (Wildman–Crippen LogP) is 0.625. The Labute approximate surface area is 112 Å². The SMILES string of the molecule is COc1cccc(-c2nc3c([nH]2)c(=O)[nH]c(=O)n3C)c1. The molecule has 0 unspecified atom stereocenters. The summed E-state index contributed by atoms with van der Waals surface area (Å²) in [5.41, 5.74) is 0.379. The van der Waals surface area contributed by atoms with Gasteiger partial charge in [-0.1, -0.05) is 12.1 Å². The van der Waals surface area contributed by atoms with E-state index in [0.717, 1.165) is 5.56 Å². The number of aromatic amines is 2. The summed E-state index contributed by atoms with van der Waals surface area (Å²) < 4.78 is 6.44. The molecule has 7 heteroatoms. The Balaban J connectivity index is 2.28. The van der Waals surface area contributed by atoms with Crippen molar-refractivity contribution in [2.24, 2.45) is 7.05 Å². The van der Waals surface area contributed by atoms with E-state index in [9.17, 15) is 9.59 Å². The average Bonchev–Trinajstić information content (AvgIpc) is 2.91. The molecular weight excluding hydrogens is 260 g/mol. The van der Waals surface area contributed by atoms with Crippen LogP contribution >= 0.6 is 0 Å². The van der Waals surface area contributed by atoms with Crippen LogP contribution in [0.5, 0.6) is 5.75 Å². The molecule has 2 heterocycles. The summed E-state index contributed by atoms with van der Waals surface area (Å²) in [6.45, 7) is 0. The number of benzene rings is 1. The number of methoxy groups -OCH3 is 1. The highest BCUT2D eigenvalue weighted by Gasteiger charge is 2.12. The van der Waals surface area contributed by atoms with Crippen LogP contribution in [0.15, 0.2) is 33.9 Å². The van der Waals surface area contributed by atoms with Gasteiger partial charge in [-0.15, -0.1) is 0 Å². The van der Waals surface area contributed by atoms with E-state index in [1.165, 1.54) is 4.57 Å². The zero-order chi connectivity index (χ0) is 14.3. The third kappa shape index (κ3) is 1.80. The molecule has 3 aromatic rings. The number of rotatable bonds is 2. The third-order valence-electron chi connectivity index (χ3n) is 3.10. The van der Waals surface area contributed by atoms with Crippen LogP contribution in [-0.2, 0) is 7.05 Å². The van der Waals surface area contributed by atoms with Crippen LogP contribution in [0.4, 0.5) is 0 Å². The smallest absolute Gasteiger partial charge is 0.329 e. The molecular formula is C13H12N4O3. The number of nitrogens with zero attached hydrogens (tertiary/aromatic N) is 2. The molecule has 0 saturated heterocycles. The summed E-state index contributed by atoms with van der Waals surface area (Å²) in [6.07, 6.45) is 0. The van der Waals surface area contributed by atoms with Gasteiger partial charge >= 0.3 is 5.69 Å². The van der Waals surface area contributed by atoms with Crippen molar-refractivity contribution in [2.45, 2.75) is 0 Å². The Morgan fingerprint density at radius 1 is 1.25 bits per heavy atom. The number of imidazole rings is 1. The molecule has 7 nitrogen and oxygen atoms in total. The summed E-state index contributed by atoms with van der Waals surface area (Å²) in [5.74, 6) is 1.19. The van der Waals surface area contributed by atoms with Crippen LogP contribution in [0, 0.1) is 0 Å². The fraction of sp³-hybridized carbons (Fsp3) is 0.154. The Morgan fingerprint density at radius 2 is 2.05 bits per heavy atom. The van der Waals surface area contributed by atoms with E-state index < -0.39 is 11.2 Å². The zero-order valence-electron chi connectivity index (χ0n) is 10.9. The first-order chi connectivity index (χ1) is 9.60. The van der Waals surface area contributed by atoms with Crippen LogP contribution in [0.3, 0.4) is 0 Å². The molecule has 0 amide bonds. The van der Waals surface area contributed by atoms with Crippen LogP contribution in [-0.4, -0.2) is 26.6 Å². The van der Waals surface area contributed by atoms with Gasteiger partial charge in [0.25, 0.3) is 5.56 Å². The molecule has 0 fully saturated rings. The molecule has 3 rings (SSSR count). The standard InChI is InChI=1S/C13H12N4O3/c1-17-11-9(12(18)16-13(17)19)14-10(15-11)7-4-3-5-8(6-7)20-2/h3-6H,1-2H3,(H,14,15)(H,16,18,19). The lowest BCUT2D eigenvalue weighted by atomic mass is 10.2. The van der Waals surface area contributed by atoms with Crippen molar-refractivity contribution in [3.8, 4) is 17.1 Å². The lowest BCUT2D eigenvalue weighted by Gasteiger charge is -2.01. The van der Waals surface area contributed by atoms with Crippen molar-refractivity contribution < 1.29 is 4.74 Å². The Bertz CT molecular complexity index is 904. The quantitative estimate of drug-likeness (QED) is 0.715. The number of nitrogens with one attached hydrogen (secondary N) is 2. The maximum Gasteiger partial charge on any atom is 0.329 e. The van der Waals surface area contributed by atoms with Crippen molar-refractivity contribution in [3.05, 3.63) is 45.1 Å². The summed E-state index contributed by atoms with van der Waals surface area (Å²) in [4.78, 5) is 32.8. The first-order valence-corrected chi connectivity index (χ1v) is 5.93. The molecule has 0 aliphatic rings. The maximum absolute atomic E-state index is 11.8. The van der Waals surface area contributed by atoms with Gasteiger partial charge < -0.3 is 9.72 Å². The molecule has 0 saturated carbocycles. The van der Waals surface area contributed by atoms with Gasteiger partial charge in [0, 0.05) is 12.6 Å². The summed E-state index contributed by atoms with van der Waals surface area (Å²) >= 11 is 0. The number of aryl methyl sites for hydroxylation is 1. The van der Waals surface area contributed by atoms with Crippen LogP contribution < -0.4 is 16.0 Å². The molecule has 0 radical (unpaired) electrons. The minimum Gasteiger partial charge on any atom is -0.497 e. The number of ether oxygens (including phenoxy) is 1. The van der Waals surface area contributed by atoms with Crippen molar-refractivity contribution in [1.82, 2.24) is 19.5 Å². The predicted molar refractivity (Wildman–Crippen MR) is 73.9 cm³/mol. The second-order valence-electron chi connectivity index (χ2n) is 4.33. The van der Waals surface area contributed by atoms with E-state index in [1.54, 1.807) is 20.2 Å². The van der Waals surface area contributed by atoms with Crippen LogP contribution in [0.2, 0.25) is 0 Å². The van der Waals surface area contributed by atoms with Gasteiger partial charge in [0.2, 0.25) is 0 Å². The van der Waals surface area contributed by atoms with E-state index in [4.69, 9.17) is 4.74 Å². The average molecular weight is 272 g/mol. The lowest BCUT2D eigenvalue weighted by molar-refractivity contribution is 0.415. The monoisotopic (exact) mass is 272 g/mol. The topological polar surface area (TPSA) is 92.8 Å². The highest BCUT2D eigenvalue weighted by Crippen LogP contribution is 2.22. The van der Waals surface area contributed by atoms with E-state index >= 15 is 0 Å².